The summed E-state index contributed by atoms with van der Waals surface area (Å²) in [6.07, 6.45) is -3.72. The van der Waals surface area contributed by atoms with Crippen LogP contribution in [0.25, 0.3) is 0 Å². The van der Waals surface area contributed by atoms with E-state index < -0.39 is 23.2 Å². The molecule has 0 saturated carbocycles. The Morgan fingerprint density at radius 2 is 1.58 bits per heavy atom. The van der Waals surface area contributed by atoms with E-state index in [0.29, 0.717) is 34.7 Å². The molecule has 0 heterocycles. The minimum absolute atomic E-state index is 0.307. The van der Waals surface area contributed by atoms with Gasteiger partial charge in [-0.15, -0.1) is 11.6 Å². The highest BCUT2D eigenvalue weighted by Gasteiger charge is 2.45. The quantitative estimate of drug-likeness (QED) is 0.274. The lowest BCUT2D eigenvalue weighted by Gasteiger charge is -2.27. The van der Waals surface area contributed by atoms with Crippen LogP contribution in [0.15, 0.2) is 36.4 Å². The standard InChI is InChI=1S/C21H20Cl3F2NO4/c1-20(2,13-10-15(23)17(16(24)11-13)30-9-3-8-22)12-4-6-14(7-5-12)31-21(25,26)18(28)19(27)29/h4-7,10-11H,3,8-9H2,1-2H3,(H2,27,29). The second kappa shape index (κ2) is 10.0. The smallest absolute Gasteiger partial charge is 0.471 e. The van der Waals surface area contributed by atoms with E-state index >= 15 is 0 Å². The van der Waals surface area contributed by atoms with E-state index in [2.05, 4.69) is 10.5 Å². The first-order valence-corrected chi connectivity index (χ1v) is 10.4. The van der Waals surface area contributed by atoms with Crippen LogP contribution in [0, 0.1) is 0 Å². The maximum Gasteiger partial charge on any atom is 0.471 e. The molecule has 0 aromatic heterocycles. The van der Waals surface area contributed by atoms with Crippen molar-refractivity contribution in [3.63, 3.8) is 0 Å². The van der Waals surface area contributed by atoms with Gasteiger partial charge in [-0.25, -0.2) is 0 Å². The minimum atomic E-state index is -4.36. The number of nitrogens with two attached hydrogens (primary N) is 1. The zero-order chi connectivity index (χ0) is 23.4. The summed E-state index contributed by atoms with van der Waals surface area (Å²) in [6.45, 7) is 4.16. The average molecular weight is 495 g/mol. The molecule has 168 valence electrons. The lowest BCUT2D eigenvalue weighted by molar-refractivity contribution is -0.191. The van der Waals surface area contributed by atoms with E-state index in [9.17, 15) is 18.4 Å². The summed E-state index contributed by atoms with van der Waals surface area (Å²) in [5.74, 6) is -3.42. The molecule has 0 spiro atoms. The molecule has 0 saturated heterocycles. The third-order valence-electron chi connectivity index (χ3n) is 4.55. The summed E-state index contributed by atoms with van der Waals surface area (Å²) in [4.78, 5) is 21.9. The molecule has 2 aromatic carbocycles. The van der Waals surface area contributed by atoms with Crippen LogP contribution in [0.1, 0.15) is 31.4 Å². The number of rotatable bonds is 10. The summed E-state index contributed by atoms with van der Waals surface area (Å²) < 4.78 is 37.3. The van der Waals surface area contributed by atoms with Crippen molar-refractivity contribution in [2.75, 3.05) is 12.5 Å². The van der Waals surface area contributed by atoms with Crippen LogP contribution in [-0.2, 0) is 15.0 Å². The Bertz CT molecular complexity index is 943. The molecule has 31 heavy (non-hydrogen) atoms. The normalized spacial score (nSPS) is 11.8. The maximum atomic E-state index is 13.7. The summed E-state index contributed by atoms with van der Waals surface area (Å²) >= 11 is 18.3. The van der Waals surface area contributed by atoms with Crippen LogP contribution in [0.4, 0.5) is 8.78 Å². The molecule has 1 amide bonds. The molecule has 0 aliphatic rings. The Kier molecular flexibility index (Phi) is 8.14. The highest BCUT2D eigenvalue weighted by molar-refractivity contribution is 6.38. The molecule has 0 bridgehead atoms. The third-order valence-corrected chi connectivity index (χ3v) is 5.38. The fraction of sp³-hybridized carbons (Fsp3) is 0.333. The fourth-order valence-corrected chi connectivity index (χ4v) is 3.44. The number of carbonyl (C=O) groups excluding carboxylic acids is 2. The molecule has 0 atom stereocenters. The van der Waals surface area contributed by atoms with Crippen LogP contribution in [0.2, 0.25) is 10.0 Å². The maximum absolute atomic E-state index is 13.7. The van der Waals surface area contributed by atoms with E-state index in [-0.39, 0.29) is 5.75 Å². The largest absolute Gasteiger partial charge is 0.490 e. The van der Waals surface area contributed by atoms with Crippen molar-refractivity contribution >= 4 is 46.5 Å². The first-order chi connectivity index (χ1) is 14.4. The Balaban J connectivity index is 2.26. The second-order valence-corrected chi connectivity index (χ2v) is 8.31. The number of ether oxygens (including phenoxy) is 2. The molecule has 10 heteroatoms. The number of amides is 1. The number of hydrogen-bond donors (Lipinski definition) is 1. The highest BCUT2D eigenvalue weighted by Crippen LogP contribution is 2.41. The Hall–Kier alpha value is -2.09. The molecule has 0 aliphatic heterocycles. The molecule has 2 N–H and O–H groups in total. The number of alkyl halides is 3. The minimum Gasteiger partial charge on any atom is -0.490 e. The van der Waals surface area contributed by atoms with Gasteiger partial charge in [-0.1, -0.05) is 49.2 Å². The van der Waals surface area contributed by atoms with E-state index in [1.54, 1.807) is 24.3 Å². The van der Waals surface area contributed by atoms with Gasteiger partial charge in [0.1, 0.15) is 5.75 Å². The van der Waals surface area contributed by atoms with E-state index in [1.807, 2.05) is 13.8 Å². The van der Waals surface area contributed by atoms with E-state index in [0.717, 1.165) is 11.1 Å². The molecular formula is C21H20Cl3F2NO4. The predicted molar refractivity (Wildman–Crippen MR) is 116 cm³/mol. The van der Waals surface area contributed by atoms with Crippen molar-refractivity contribution in [3.05, 3.63) is 57.6 Å². The number of halogens is 5. The van der Waals surface area contributed by atoms with Gasteiger partial charge in [0.2, 0.25) is 0 Å². The Morgan fingerprint density at radius 3 is 2.06 bits per heavy atom. The Labute approximate surface area is 193 Å². The zero-order valence-electron chi connectivity index (χ0n) is 16.7. The van der Waals surface area contributed by atoms with E-state index in [1.165, 1.54) is 12.1 Å². The predicted octanol–water partition coefficient (Wildman–Crippen LogP) is 5.35. The lowest BCUT2D eigenvalue weighted by Crippen LogP contribution is -2.43. The summed E-state index contributed by atoms with van der Waals surface area (Å²) in [5, 5.41) is 0.657. The summed E-state index contributed by atoms with van der Waals surface area (Å²) in [6, 6.07) is 9.04. The van der Waals surface area contributed by atoms with E-state index in [4.69, 9.17) is 39.5 Å². The van der Waals surface area contributed by atoms with Gasteiger partial charge in [-0.3, -0.25) is 9.59 Å². The van der Waals surface area contributed by atoms with Crippen LogP contribution in [0.3, 0.4) is 0 Å². The molecule has 2 rings (SSSR count). The molecular weight excluding hydrogens is 475 g/mol. The van der Waals surface area contributed by atoms with Crippen molar-refractivity contribution in [3.8, 4) is 11.5 Å². The summed E-state index contributed by atoms with van der Waals surface area (Å²) in [5.41, 5.74) is 5.47. The summed E-state index contributed by atoms with van der Waals surface area (Å²) in [7, 11) is 0. The van der Waals surface area contributed by atoms with Gasteiger partial charge in [0.25, 0.3) is 5.91 Å². The third kappa shape index (κ3) is 5.99. The van der Waals surface area contributed by atoms with Crippen LogP contribution in [-0.4, -0.2) is 30.3 Å². The van der Waals surface area contributed by atoms with Crippen molar-refractivity contribution in [2.24, 2.45) is 5.73 Å². The van der Waals surface area contributed by atoms with Crippen molar-refractivity contribution < 1.29 is 27.8 Å². The number of ketones is 1. The average Bonchev–Trinajstić information content (AvgIpc) is 2.69. The number of Topliss-reactive ketones (excluding diaryl/α,β-unsaturated/α-hetero) is 1. The van der Waals surface area contributed by atoms with Crippen LogP contribution < -0.4 is 15.2 Å². The first-order valence-electron chi connectivity index (χ1n) is 9.10. The van der Waals surface area contributed by atoms with Crippen molar-refractivity contribution in [2.45, 2.75) is 31.8 Å². The van der Waals surface area contributed by atoms with Gasteiger partial charge in [0, 0.05) is 11.3 Å². The molecule has 0 fully saturated rings. The Morgan fingerprint density at radius 1 is 1.03 bits per heavy atom. The number of primary amides is 1. The van der Waals surface area contributed by atoms with Gasteiger partial charge in [-0.2, -0.15) is 8.78 Å². The first kappa shape index (κ1) is 25.2. The lowest BCUT2D eigenvalue weighted by atomic mass is 9.78. The van der Waals surface area contributed by atoms with Crippen LogP contribution in [0.5, 0.6) is 11.5 Å². The highest BCUT2D eigenvalue weighted by atomic mass is 35.5. The molecule has 0 unspecified atom stereocenters. The van der Waals surface area contributed by atoms with Gasteiger partial charge < -0.3 is 15.2 Å². The van der Waals surface area contributed by atoms with Crippen molar-refractivity contribution in [1.82, 2.24) is 0 Å². The van der Waals surface area contributed by atoms with Gasteiger partial charge in [0.15, 0.2) is 5.75 Å². The van der Waals surface area contributed by atoms with Gasteiger partial charge >= 0.3 is 11.9 Å². The fourth-order valence-electron chi connectivity index (χ4n) is 2.73. The topological polar surface area (TPSA) is 78.6 Å². The molecule has 0 radical (unpaired) electrons. The second-order valence-electron chi connectivity index (χ2n) is 7.12. The molecule has 5 nitrogen and oxygen atoms in total. The SMILES string of the molecule is CC(C)(c1ccc(OC(F)(F)C(=O)C(N)=O)cc1)c1cc(Cl)c(OCCCCl)c(Cl)c1. The monoisotopic (exact) mass is 493 g/mol. The zero-order valence-corrected chi connectivity index (χ0v) is 19.0. The number of carbonyl (C=O) groups is 2. The number of benzene rings is 2. The van der Waals surface area contributed by atoms with Gasteiger partial charge in [0.05, 0.1) is 16.7 Å². The van der Waals surface area contributed by atoms with Crippen molar-refractivity contribution in [1.29, 1.82) is 0 Å². The molecule has 0 aliphatic carbocycles. The number of hydrogen-bond acceptors (Lipinski definition) is 4. The van der Waals surface area contributed by atoms with Gasteiger partial charge in [-0.05, 0) is 41.8 Å². The van der Waals surface area contributed by atoms with Crippen LogP contribution >= 0.6 is 34.8 Å². The molecule has 2 aromatic rings.